The number of rotatable bonds is 4. The second kappa shape index (κ2) is 6.55. The third-order valence-electron chi connectivity index (χ3n) is 6.73. The first-order valence-electron chi connectivity index (χ1n) is 9.93. The molecule has 0 aliphatic carbocycles. The number of carbonyl (C=O) groups excluding carboxylic acids is 1. The van der Waals surface area contributed by atoms with Crippen LogP contribution in [0.5, 0.6) is 0 Å². The Bertz CT molecular complexity index is 920. The maximum absolute atomic E-state index is 13.9. The van der Waals surface area contributed by atoms with E-state index in [-0.39, 0.29) is 29.1 Å². The molecule has 2 aromatic rings. The van der Waals surface area contributed by atoms with Crippen LogP contribution in [0.25, 0.3) is 0 Å². The van der Waals surface area contributed by atoms with Crippen molar-refractivity contribution in [3.8, 4) is 0 Å². The first-order chi connectivity index (χ1) is 13.6. The second-order valence-electron chi connectivity index (χ2n) is 8.26. The van der Waals surface area contributed by atoms with E-state index in [1.165, 1.54) is 17.8 Å². The number of nitrogens with one attached hydrogen (secondary N) is 1. The van der Waals surface area contributed by atoms with E-state index in [0.29, 0.717) is 12.5 Å². The summed E-state index contributed by atoms with van der Waals surface area (Å²) in [4.78, 5) is 19.0. The van der Waals surface area contributed by atoms with Crippen molar-refractivity contribution in [2.75, 3.05) is 24.5 Å². The number of pyridine rings is 1. The van der Waals surface area contributed by atoms with E-state index in [1.807, 2.05) is 12.4 Å². The van der Waals surface area contributed by atoms with E-state index >= 15 is 0 Å². The standard InChI is InChI=1S/C22H24FN3O2/c1-14-10-24-9-7-19(14)26-12-17-16(20-6-8-22(17,13-26)28-20)11-25-21(27)15-4-2-3-5-18(15)23/h2-5,7,9-10,16-17,20H,6,8,11-13H2,1H3,(H,25,27)/t16-,17+,20+,22+/m0/s1. The van der Waals surface area contributed by atoms with Gasteiger partial charge in [-0.05, 0) is 43.5 Å². The molecule has 5 rings (SSSR count). The summed E-state index contributed by atoms with van der Waals surface area (Å²) in [6.45, 7) is 4.41. The van der Waals surface area contributed by atoms with Gasteiger partial charge in [-0.3, -0.25) is 9.78 Å². The van der Waals surface area contributed by atoms with E-state index in [1.54, 1.807) is 12.1 Å². The van der Waals surface area contributed by atoms with Crippen molar-refractivity contribution in [1.29, 1.82) is 0 Å². The molecule has 28 heavy (non-hydrogen) atoms. The number of benzene rings is 1. The number of ether oxygens (including phenoxy) is 1. The molecule has 146 valence electrons. The lowest BCUT2D eigenvalue weighted by Gasteiger charge is -2.29. The van der Waals surface area contributed by atoms with Gasteiger partial charge in [0.2, 0.25) is 0 Å². The van der Waals surface area contributed by atoms with Crippen LogP contribution in [0, 0.1) is 24.6 Å². The molecule has 4 atom stereocenters. The SMILES string of the molecule is Cc1cnccc1N1C[C@@H]2[C@H](CNC(=O)c3ccccc3F)[C@H]3CC[C@]2(C1)O3. The number of aryl methyl sites for hydroxylation is 1. The van der Waals surface area contributed by atoms with E-state index in [9.17, 15) is 9.18 Å². The molecule has 0 unspecified atom stereocenters. The Kier molecular flexibility index (Phi) is 4.12. The number of fused-ring (bicyclic) bond motifs is 1. The largest absolute Gasteiger partial charge is 0.369 e. The van der Waals surface area contributed by atoms with Crippen LogP contribution in [0.1, 0.15) is 28.8 Å². The van der Waals surface area contributed by atoms with Gasteiger partial charge in [0, 0.05) is 49.6 Å². The molecule has 3 fully saturated rings. The van der Waals surface area contributed by atoms with E-state index in [0.717, 1.165) is 31.5 Å². The minimum absolute atomic E-state index is 0.0988. The number of aromatic nitrogens is 1. The van der Waals surface area contributed by atoms with Gasteiger partial charge in [-0.1, -0.05) is 12.1 Å². The minimum Gasteiger partial charge on any atom is -0.369 e. The third kappa shape index (κ3) is 2.70. The third-order valence-corrected chi connectivity index (χ3v) is 6.73. The second-order valence-corrected chi connectivity index (χ2v) is 8.26. The van der Waals surface area contributed by atoms with Crippen molar-refractivity contribution >= 4 is 11.6 Å². The van der Waals surface area contributed by atoms with Gasteiger partial charge < -0.3 is 15.0 Å². The lowest BCUT2D eigenvalue weighted by molar-refractivity contribution is 0.0141. The normalized spacial score (nSPS) is 30.5. The fraction of sp³-hybridized carbons (Fsp3) is 0.455. The van der Waals surface area contributed by atoms with Gasteiger partial charge in [0.05, 0.1) is 17.3 Å². The van der Waals surface area contributed by atoms with Gasteiger partial charge in [-0.25, -0.2) is 4.39 Å². The van der Waals surface area contributed by atoms with Crippen LogP contribution in [-0.2, 0) is 4.74 Å². The topological polar surface area (TPSA) is 54.5 Å². The lowest BCUT2D eigenvalue weighted by atomic mass is 9.73. The molecule has 1 spiro atoms. The van der Waals surface area contributed by atoms with Crippen LogP contribution < -0.4 is 10.2 Å². The molecular weight excluding hydrogens is 357 g/mol. The highest BCUT2D eigenvalue weighted by molar-refractivity contribution is 5.94. The van der Waals surface area contributed by atoms with Crippen LogP contribution >= 0.6 is 0 Å². The molecule has 0 saturated carbocycles. The number of hydrogen-bond acceptors (Lipinski definition) is 4. The molecule has 1 N–H and O–H groups in total. The molecular formula is C22H24FN3O2. The van der Waals surface area contributed by atoms with Crippen LogP contribution in [0.15, 0.2) is 42.7 Å². The molecule has 2 bridgehead atoms. The maximum atomic E-state index is 13.9. The van der Waals surface area contributed by atoms with Crippen LogP contribution in [-0.4, -0.2) is 42.2 Å². The Hall–Kier alpha value is -2.47. The van der Waals surface area contributed by atoms with Crippen LogP contribution in [0.3, 0.4) is 0 Å². The Morgan fingerprint density at radius 2 is 2.25 bits per heavy atom. The number of carbonyl (C=O) groups is 1. The fourth-order valence-electron chi connectivity index (χ4n) is 5.42. The molecule has 6 heteroatoms. The molecule has 4 heterocycles. The summed E-state index contributed by atoms with van der Waals surface area (Å²) in [5.41, 5.74) is 2.35. The number of hydrogen-bond donors (Lipinski definition) is 1. The molecule has 3 saturated heterocycles. The van der Waals surface area contributed by atoms with Crippen molar-refractivity contribution in [1.82, 2.24) is 10.3 Å². The summed E-state index contributed by atoms with van der Waals surface area (Å²) in [6.07, 6.45) is 6.01. The number of nitrogens with zero attached hydrogens (tertiary/aromatic N) is 2. The molecule has 3 aliphatic rings. The molecule has 1 aromatic heterocycles. The predicted molar refractivity (Wildman–Crippen MR) is 104 cm³/mol. The van der Waals surface area contributed by atoms with Crippen molar-refractivity contribution in [2.24, 2.45) is 11.8 Å². The minimum atomic E-state index is -0.485. The highest BCUT2D eigenvalue weighted by atomic mass is 19.1. The van der Waals surface area contributed by atoms with Gasteiger partial charge in [0.1, 0.15) is 5.82 Å². The van der Waals surface area contributed by atoms with Gasteiger partial charge in [-0.15, -0.1) is 0 Å². The number of anilines is 1. The highest BCUT2D eigenvalue weighted by Crippen LogP contribution is 2.55. The smallest absolute Gasteiger partial charge is 0.254 e. The van der Waals surface area contributed by atoms with E-state index in [2.05, 4.69) is 28.2 Å². The molecule has 3 aliphatic heterocycles. The molecule has 1 aromatic carbocycles. The molecule has 1 amide bonds. The monoisotopic (exact) mass is 381 g/mol. The number of halogens is 1. The summed E-state index contributed by atoms with van der Waals surface area (Å²) in [5, 5.41) is 2.95. The average molecular weight is 381 g/mol. The maximum Gasteiger partial charge on any atom is 0.254 e. The Morgan fingerprint density at radius 3 is 3.07 bits per heavy atom. The first-order valence-corrected chi connectivity index (χ1v) is 9.93. The summed E-state index contributed by atoms with van der Waals surface area (Å²) >= 11 is 0. The fourth-order valence-corrected chi connectivity index (χ4v) is 5.42. The number of amides is 1. The first kappa shape index (κ1) is 17.6. The zero-order valence-electron chi connectivity index (χ0n) is 15.9. The zero-order chi connectivity index (χ0) is 19.3. The predicted octanol–water partition coefficient (Wildman–Crippen LogP) is 2.94. The summed E-state index contributed by atoms with van der Waals surface area (Å²) in [6, 6.07) is 8.17. The summed E-state index contributed by atoms with van der Waals surface area (Å²) < 4.78 is 20.4. The van der Waals surface area contributed by atoms with Gasteiger partial charge in [0.15, 0.2) is 0 Å². The Balaban J connectivity index is 1.31. The molecule has 5 nitrogen and oxygen atoms in total. The Labute approximate surface area is 163 Å². The van der Waals surface area contributed by atoms with Crippen LogP contribution in [0.4, 0.5) is 10.1 Å². The molecule has 0 radical (unpaired) electrons. The van der Waals surface area contributed by atoms with Crippen molar-refractivity contribution in [3.05, 3.63) is 59.7 Å². The average Bonchev–Trinajstić information content (AvgIpc) is 3.35. The lowest BCUT2D eigenvalue weighted by Crippen LogP contribution is -2.42. The summed E-state index contributed by atoms with van der Waals surface area (Å²) in [5.74, 6) is -0.202. The quantitative estimate of drug-likeness (QED) is 0.885. The van der Waals surface area contributed by atoms with Crippen molar-refractivity contribution in [3.63, 3.8) is 0 Å². The zero-order valence-corrected chi connectivity index (χ0v) is 15.9. The van der Waals surface area contributed by atoms with E-state index < -0.39 is 5.82 Å². The Morgan fingerprint density at radius 1 is 1.39 bits per heavy atom. The van der Waals surface area contributed by atoms with Crippen molar-refractivity contribution in [2.45, 2.75) is 31.5 Å². The summed E-state index contributed by atoms with van der Waals surface area (Å²) in [7, 11) is 0. The van der Waals surface area contributed by atoms with Crippen LogP contribution in [0.2, 0.25) is 0 Å². The van der Waals surface area contributed by atoms with Gasteiger partial charge >= 0.3 is 0 Å². The highest BCUT2D eigenvalue weighted by Gasteiger charge is 2.63. The van der Waals surface area contributed by atoms with E-state index in [4.69, 9.17) is 4.74 Å². The van der Waals surface area contributed by atoms with Crippen molar-refractivity contribution < 1.29 is 13.9 Å². The van der Waals surface area contributed by atoms with Gasteiger partial charge in [-0.2, -0.15) is 0 Å². The van der Waals surface area contributed by atoms with Gasteiger partial charge in [0.25, 0.3) is 5.91 Å².